The second kappa shape index (κ2) is 11.0. The van der Waals surface area contributed by atoms with Crippen LogP contribution in [0.4, 0.5) is 0 Å². The summed E-state index contributed by atoms with van der Waals surface area (Å²) < 4.78 is 0. The van der Waals surface area contributed by atoms with Crippen LogP contribution in [0.5, 0.6) is 0 Å². The van der Waals surface area contributed by atoms with Crippen LogP contribution < -0.4 is 5.73 Å². The molecule has 186 valence electrons. The van der Waals surface area contributed by atoms with Gasteiger partial charge in [0, 0.05) is 12.0 Å². The average Bonchev–Trinajstić information content (AvgIpc) is 3.21. The number of allylic oxidation sites excluding steroid dienone is 5. The van der Waals surface area contributed by atoms with E-state index >= 15 is 0 Å². The third-order valence-electron chi connectivity index (χ3n) is 9.57. The SMILES string of the molecule is C=C/C=C1/CCC2C(=C1CCC)C(c1ccc(C(C)CCCC(C)N)cc1)CC1(C)CCCC21. The van der Waals surface area contributed by atoms with Gasteiger partial charge in [0.2, 0.25) is 0 Å². The van der Waals surface area contributed by atoms with E-state index in [-0.39, 0.29) is 0 Å². The summed E-state index contributed by atoms with van der Waals surface area (Å²) in [6, 6.07) is 10.2. The molecule has 0 aliphatic heterocycles. The lowest BCUT2D eigenvalue weighted by molar-refractivity contribution is 0.106. The summed E-state index contributed by atoms with van der Waals surface area (Å²) >= 11 is 0. The Labute approximate surface area is 210 Å². The predicted molar refractivity (Wildman–Crippen MR) is 148 cm³/mol. The summed E-state index contributed by atoms with van der Waals surface area (Å²) in [5, 5.41) is 0. The fraction of sp³-hybridized carbons (Fsp3) is 0.636. The minimum absolute atomic E-state index is 0.315. The summed E-state index contributed by atoms with van der Waals surface area (Å²) in [6.45, 7) is 13.5. The van der Waals surface area contributed by atoms with Crippen molar-refractivity contribution in [2.75, 3.05) is 0 Å². The van der Waals surface area contributed by atoms with E-state index in [2.05, 4.69) is 64.6 Å². The van der Waals surface area contributed by atoms with Crippen molar-refractivity contribution in [1.29, 1.82) is 0 Å². The first-order valence-corrected chi connectivity index (χ1v) is 14.3. The van der Waals surface area contributed by atoms with E-state index in [1.54, 1.807) is 16.7 Å². The molecule has 0 bridgehead atoms. The van der Waals surface area contributed by atoms with Crippen LogP contribution in [0.1, 0.15) is 121 Å². The van der Waals surface area contributed by atoms with Gasteiger partial charge in [-0.3, -0.25) is 0 Å². The van der Waals surface area contributed by atoms with Crippen LogP contribution in [0.2, 0.25) is 0 Å². The Morgan fingerprint density at radius 1 is 1.15 bits per heavy atom. The van der Waals surface area contributed by atoms with Gasteiger partial charge in [0.25, 0.3) is 0 Å². The molecule has 2 N–H and O–H groups in total. The van der Waals surface area contributed by atoms with Crippen LogP contribution in [-0.2, 0) is 0 Å². The highest BCUT2D eigenvalue weighted by Crippen LogP contribution is 2.63. The molecule has 0 amide bonds. The maximum atomic E-state index is 5.97. The first kappa shape index (κ1) is 25.5. The van der Waals surface area contributed by atoms with Crippen molar-refractivity contribution in [1.82, 2.24) is 0 Å². The molecule has 34 heavy (non-hydrogen) atoms. The van der Waals surface area contributed by atoms with Gasteiger partial charge in [-0.25, -0.2) is 0 Å². The molecule has 6 atom stereocenters. The summed E-state index contributed by atoms with van der Waals surface area (Å²) in [4.78, 5) is 0. The third-order valence-corrected chi connectivity index (χ3v) is 9.57. The number of nitrogens with two attached hydrogens (primary N) is 1. The monoisotopic (exact) mass is 459 g/mol. The standard InChI is InChI=1S/C33H49N/c1-6-10-26-19-20-29-31-14-9-21-33(31,5)22-30(32(29)28(26)11-7-2)27-17-15-25(16-18-27)23(3)12-8-13-24(4)34/h6,10,15-18,23-24,29-31H,1,7-9,11-14,19-22,34H2,2-5H3/b26-10-. The van der Waals surface area contributed by atoms with Crippen LogP contribution in [-0.4, -0.2) is 6.04 Å². The normalized spacial score (nSPS) is 31.8. The molecule has 1 aromatic rings. The molecule has 0 heterocycles. The Morgan fingerprint density at radius 2 is 1.91 bits per heavy atom. The molecule has 2 saturated carbocycles. The third kappa shape index (κ3) is 5.15. The van der Waals surface area contributed by atoms with Gasteiger partial charge in [-0.2, -0.15) is 0 Å². The van der Waals surface area contributed by atoms with Gasteiger partial charge in [0.05, 0.1) is 0 Å². The van der Waals surface area contributed by atoms with Gasteiger partial charge < -0.3 is 5.73 Å². The summed E-state index contributed by atoms with van der Waals surface area (Å²) in [7, 11) is 0. The number of hydrogen-bond acceptors (Lipinski definition) is 1. The number of benzene rings is 1. The Balaban J connectivity index is 1.68. The lowest BCUT2D eigenvalue weighted by Gasteiger charge is -2.51. The van der Waals surface area contributed by atoms with E-state index in [1.807, 2.05) is 11.6 Å². The highest BCUT2D eigenvalue weighted by Gasteiger charge is 2.52. The molecular formula is C33H49N. The Bertz CT molecular complexity index is 901. The first-order valence-electron chi connectivity index (χ1n) is 14.3. The number of fused-ring (bicyclic) bond motifs is 3. The van der Waals surface area contributed by atoms with Crippen LogP contribution in [0.3, 0.4) is 0 Å². The minimum Gasteiger partial charge on any atom is -0.328 e. The largest absolute Gasteiger partial charge is 0.328 e. The molecule has 1 nitrogen and oxygen atoms in total. The van der Waals surface area contributed by atoms with Gasteiger partial charge in [0.1, 0.15) is 0 Å². The van der Waals surface area contributed by atoms with Crippen molar-refractivity contribution in [3.8, 4) is 0 Å². The van der Waals surface area contributed by atoms with E-state index in [0.717, 1.165) is 18.3 Å². The van der Waals surface area contributed by atoms with Gasteiger partial charge >= 0.3 is 0 Å². The minimum atomic E-state index is 0.315. The second-order valence-corrected chi connectivity index (χ2v) is 12.1. The lowest BCUT2D eigenvalue weighted by atomic mass is 9.54. The summed E-state index contributed by atoms with van der Waals surface area (Å²) in [5.74, 6) is 2.86. The molecule has 1 aromatic carbocycles. The van der Waals surface area contributed by atoms with E-state index in [0.29, 0.717) is 23.3 Å². The zero-order valence-electron chi connectivity index (χ0n) is 22.4. The molecule has 6 unspecified atom stereocenters. The second-order valence-electron chi connectivity index (χ2n) is 12.1. The van der Waals surface area contributed by atoms with Crippen molar-refractivity contribution in [2.45, 2.75) is 116 Å². The van der Waals surface area contributed by atoms with Crippen LogP contribution in [0.25, 0.3) is 0 Å². The number of rotatable bonds is 9. The maximum absolute atomic E-state index is 5.97. The van der Waals surface area contributed by atoms with Gasteiger partial charge in [-0.1, -0.05) is 88.6 Å². The smallest absolute Gasteiger partial charge is 0.00622 e. The van der Waals surface area contributed by atoms with E-state index in [1.165, 1.54) is 69.8 Å². The topological polar surface area (TPSA) is 26.0 Å². The Kier molecular flexibility index (Phi) is 8.24. The molecule has 0 aromatic heterocycles. The predicted octanol–water partition coefficient (Wildman–Crippen LogP) is 9.22. The quantitative estimate of drug-likeness (QED) is 0.391. The zero-order chi connectivity index (χ0) is 24.3. The van der Waals surface area contributed by atoms with Crippen molar-refractivity contribution in [3.05, 3.63) is 70.8 Å². The van der Waals surface area contributed by atoms with Crippen LogP contribution in [0, 0.1) is 17.3 Å². The van der Waals surface area contributed by atoms with Gasteiger partial charge in [-0.05, 0) is 104 Å². The summed E-state index contributed by atoms with van der Waals surface area (Å²) in [6.07, 6.45) is 18.6. The van der Waals surface area contributed by atoms with Crippen LogP contribution in [0.15, 0.2) is 59.7 Å². The Hall–Kier alpha value is -1.60. The van der Waals surface area contributed by atoms with Crippen molar-refractivity contribution in [2.24, 2.45) is 23.0 Å². The van der Waals surface area contributed by atoms with Crippen molar-refractivity contribution < 1.29 is 0 Å². The average molecular weight is 460 g/mol. The fourth-order valence-corrected chi connectivity index (χ4v) is 7.84. The molecule has 4 rings (SSSR count). The number of hydrogen-bond donors (Lipinski definition) is 1. The highest BCUT2D eigenvalue weighted by molar-refractivity contribution is 5.48. The van der Waals surface area contributed by atoms with E-state index < -0.39 is 0 Å². The fourth-order valence-electron chi connectivity index (χ4n) is 7.84. The molecule has 1 heteroatoms. The molecule has 0 radical (unpaired) electrons. The van der Waals surface area contributed by atoms with Gasteiger partial charge in [0.15, 0.2) is 0 Å². The van der Waals surface area contributed by atoms with Crippen molar-refractivity contribution >= 4 is 0 Å². The Morgan fingerprint density at radius 3 is 2.59 bits per heavy atom. The molecule has 2 fully saturated rings. The maximum Gasteiger partial charge on any atom is 0.00622 e. The van der Waals surface area contributed by atoms with Crippen LogP contribution >= 0.6 is 0 Å². The summed E-state index contributed by atoms with van der Waals surface area (Å²) in [5.41, 5.74) is 14.6. The van der Waals surface area contributed by atoms with Crippen molar-refractivity contribution in [3.63, 3.8) is 0 Å². The van der Waals surface area contributed by atoms with E-state index in [4.69, 9.17) is 5.73 Å². The zero-order valence-corrected chi connectivity index (χ0v) is 22.4. The van der Waals surface area contributed by atoms with E-state index in [9.17, 15) is 0 Å². The molecule has 0 spiro atoms. The highest BCUT2D eigenvalue weighted by atomic mass is 14.6. The first-order chi connectivity index (χ1) is 16.4. The molecule has 3 aliphatic rings. The lowest BCUT2D eigenvalue weighted by Crippen LogP contribution is -2.40. The molecular weight excluding hydrogens is 410 g/mol. The molecule has 3 aliphatic carbocycles. The molecule has 0 saturated heterocycles. The van der Waals surface area contributed by atoms with Gasteiger partial charge in [-0.15, -0.1) is 0 Å².